The third-order valence-corrected chi connectivity index (χ3v) is 4.27. The van der Waals surface area contributed by atoms with Crippen molar-refractivity contribution in [3.63, 3.8) is 0 Å². The van der Waals surface area contributed by atoms with Crippen molar-refractivity contribution in [1.29, 1.82) is 0 Å². The van der Waals surface area contributed by atoms with Crippen LogP contribution in [0, 0.1) is 6.92 Å². The molecule has 0 unspecified atom stereocenters. The number of aliphatic hydroxyl groups is 1. The van der Waals surface area contributed by atoms with E-state index in [1.54, 1.807) is 0 Å². The molecular weight excluding hydrogens is 246 g/mol. The minimum atomic E-state index is -0.408. The number of hydrogen-bond acceptors (Lipinski definition) is 2. The number of fused-ring (bicyclic) bond motifs is 1. The van der Waals surface area contributed by atoms with Crippen LogP contribution in [0.15, 0.2) is 48.5 Å². The van der Waals surface area contributed by atoms with E-state index in [1.165, 1.54) is 16.7 Å². The zero-order valence-corrected chi connectivity index (χ0v) is 12.1. The number of aliphatic hydroxyl groups excluding tert-OH is 1. The van der Waals surface area contributed by atoms with Gasteiger partial charge in [-0.1, -0.05) is 54.1 Å². The monoisotopic (exact) mass is 267 g/mol. The Morgan fingerprint density at radius 3 is 2.60 bits per heavy atom. The molecule has 0 amide bonds. The zero-order chi connectivity index (χ0) is 14.1. The minimum Gasteiger partial charge on any atom is -0.388 e. The van der Waals surface area contributed by atoms with Gasteiger partial charge in [-0.2, -0.15) is 0 Å². The summed E-state index contributed by atoms with van der Waals surface area (Å²) >= 11 is 0. The second-order valence-corrected chi connectivity index (χ2v) is 5.79. The van der Waals surface area contributed by atoms with Gasteiger partial charge in [0.1, 0.15) is 0 Å². The zero-order valence-electron chi connectivity index (χ0n) is 12.1. The smallest absolute Gasteiger partial charge is 0.0808 e. The molecule has 1 heterocycles. The molecule has 2 aromatic carbocycles. The van der Waals surface area contributed by atoms with E-state index in [9.17, 15) is 5.11 Å². The van der Waals surface area contributed by atoms with Crippen LogP contribution in [0.3, 0.4) is 0 Å². The molecular formula is C18H21NO. The van der Waals surface area contributed by atoms with Crippen molar-refractivity contribution in [3.05, 3.63) is 70.8 Å². The molecule has 0 saturated carbocycles. The Hall–Kier alpha value is -1.64. The first-order valence-electron chi connectivity index (χ1n) is 7.18. The van der Waals surface area contributed by atoms with Crippen LogP contribution in [0.2, 0.25) is 0 Å². The third kappa shape index (κ3) is 2.49. The summed E-state index contributed by atoms with van der Waals surface area (Å²) in [6.07, 6.45) is 0.338. The molecule has 1 aliphatic heterocycles. The Labute approximate surface area is 120 Å². The van der Waals surface area contributed by atoms with Gasteiger partial charge in [-0.15, -0.1) is 0 Å². The fourth-order valence-corrected chi connectivity index (χ4v) is 3.06. The van der Waals surface area contributed by atoms with Gasteiger partial charge >= 0.3 is 0 Å². The summed E-state index contributed by atoms with van der Waals surface area (Å²) in [5, 5.41) is 10.5. The van der Waals surface area contributed by atoms with E-state index in [2.05, 4.69) is 55.3 Å². The molecule has 0 saturated heterocycles. The molecule has 20 heavy (non-hydrogen) atoms. The molecule has 0 spiro atoms. The Morgan fingerprint density at radius 2 is 1.85 bits per heavy atom. The first kappa shape index (κ1) is 13.3. The maximum absolute atomic E-state index is 10.5. The van der Waals surface area contributed by atoms with Gasteiger partial charge in [0.15, 0.2) is 0 Å². The second kappa shape index (κ2) is 5.39. The van der Waals surface area contributed by atoms with Crippen molar-refractivity contribution in [2.45, 2.75) is 32.0 Å². The van der Waals surface area contributed by atoms with Crippen molar-refractivity contribution < 1.29 is 5.11 Å². The van der Waals surface area contributed by atoms with E-state index in [-0.39, 0.29) is 0 Å². The van der Waals surface area contributed by atoms with Crippen molar-refractivity contribution in [2.24, 2.45) is 0 Å². The molecule has 1 aliphatic rings. The van der Waals surface area contributed by atoms with Gasteiger partial charge in [0.2, 0.25) is 0 Å². The molecule has 104 valence electrons. The highest BCUT2D eigenvalue weighted by atomic mass is 16.3. The Morgan fingerprint density at radius 1 is 1.15 bits per heavy atom. The molecule has 2 nitrogen and oxygen atoms in total. The van der Waals surface area contributed by atoms with E-state index >= 15 is 0 Å². The number of hydrogen-bond donors (Lipinski definition) is 1. The number of aryl methyl sites for hydroxylation is 1. The number of nitrogens with zero attached hydrogens (tertiary/aromatic N) is 1. The van der Waals surface area contributed by atoms with Crippen molar-refractivity contribution in [2.75, 3.05) is 7.05 Å². The van der Waals surface area contributed by atoms with Crippen molar-refractivity contribution in [3.8, 4) is 0 Å². The van der Waals surface area contributed by atoms with Crippen LogP contribution in [0.25, 0.3) is 0 Å². The van der Waals surface area contributed by atoms with Crippen LogP contribution in [-0.4, -0.2) is 17.1 Å². The van der Waals surface area contributed by atoms with Gasteiger partial charge in [-0.3, -0.25) is 4.90 Å². The second-order valence-electron chi connectivity index (χ2n) is 5.79. The van der Waals surface area contributed by atoms with E-state index in [1.807, 2.05) is 12.1 Å². The van der Waals surface area contributed by atoms with E-state index in [0.29, 0.717) is 6.04 Å². The minimum absolute atomic E-state index is 0.308. The fraction of sp³-hybridized carbons (Fsp3) is 0.333. The summed E-state index contributed by atoms with van der Waals surface area (Å²) in [6, 6.07) is 17.0. The highest BCUT2D eigenvalue weighted by Crippen LogP contribution is 2.38. The third-order valence-electron chi connectivity index (χ3n) is 4.27. The number of rotatable bonds is 3. The lowest BCUT2D eigenvalue weighted by atomic mass is 9.96. The summed E-state index contributed by atoms with van der Waals surface area (Å²) in [6.45, 7) is 3.04. The molecule has 1 N–H and O–H groups in total. The van der Waals surface area contributed by atoms with Gasteiger partial charge in [0, 0.05) is 12.6 Å². The normalized spacial score (nSPS) is 19.9. The topological polar surface area (TPSA) is 23.5 Å². The largest absolute Gasteiger partial charge is 0.388 e. The molecule has 0 aromatic heterocycles. The molecule has 2 aromatic rings. The summed E-state index contributed by atoms with van der Waals surface area (Å²) < 4.78 is 0. The highest BCUT2D eigenvalue weighted by molar-refractivity contribution is 5.34. The standard InChI is InChI=1S/C18H21NO/c1-13-7-9-14(10-8-13)18(20)11-17-16-6-4-3-5-15(16)12-19(17)2/h3-10,17-18,20H,11-12H2,1-2H3/t17-,18-/m1/s1. The average Bonchev–Trinajstić information content (AvgIpc) is 2.76. The molecule has 2 atom stereocenters. The van der Waals surface area contributed by atoms with Crippen LogP contribution < -0.4 is 0 Å². The first-order valence-corrected chi connectivity index (χ1v) is 7.18. The Balaban J connectivity index is 1.79. The van der Waals surface area contributed by atoms with Crippen LogP contribution >= 0.6 is 0 Å². The van der Waals surface area contributed by atoms with Crippen molar-refractivity contribution in [1.82, 2.24) is 4.90 Å². The van der Waals surface area contributed by atoms with Gasteiger partial charge in [0.05, 0.1) is 6.10 Å². The van der Waals surface area contributed by atoms with Gasteiger partial charge in [-0.05, 0) is 37.1 Å². The molecule has 2 heteroatoms. The SMILES string of the molecule is Cc1ccc([C@H](O)C[C@@H]2c3ccccc3CN2C)cc1. The maximum Gasteiger partial charge on any atom is 0.0808 e. The molecule has 0 radical (unpaired) electrons. The summed E-state index contributed by atoms with van der Waals surface area (Å²) in [5.41, 5.74) is 4.98. The molecule has 0 fully saturated rings. The summed E-state index contributed by atoms with van der Waals surface area (Å²) in [7, 11) is 2.13. The van der Waals surface area contributed by atoms with Gasteiger partial charge in [0.25, 0.3) is 0 Å². The predicted octanol–water partition coefficient (Wildman–Crippen LogP) is 3.61. The summed E-state index contributed by atoms with van der Waals surface area (Å²) in [5.74, 6) is 0. The van der Waals surface area contributed by atoms with Gasteiger partial charge < -0.3 is 5.11 Å². The van der Waals surface area contributed by atoms with E-state index < -0.39 is 6.10 Å². The molecule has 0 bridgehead atoms. The predicted molar refractivity (Wildman–Crippen MR) is 81.4 cm³/mol. The van der Waals surface area contributed by atoms with Crippen LogP contribution in [-0.2, 0) is 6.54 Å². The van der Waals surface area contributed by atoms with Crippen LogP contribution in [0.4, 0.5) is 0 Å². The Kier molecular flexibility index (Phi) is 3.60. The quantitative estimate of drug-likeness (QED) is 0.918. The van der Waals surface area contributed by atoms with Gasteiger partial charge in [-0.25, -0.2) is 0 Å². The van der Waals surface area contributed by atoms with E-state index in [0.717, 1.165) is 18.5 Å². The summed E-state index contributed by atoms with van der Waals surface area (Å²) in [4.78, 5) is 2.32. The highest BCUT2D eigenvalue weighted by Gasteiger charge is 2.29. The average molecular weight is 267 g/mol. The number of benzene rings is 2. The van der Waals surface area contributed by atoms with Crippen LogP contribution in [0.5, 0.6) is 0 Å². The van der Waals surface area contributed by atoms with Crippen molar-refractivity contribution >= 4 is 0 Å². The maximum atomic E-state index is 10.5. The fourth-order valence-electron chi connectivity index (χ4n) is 3.06. The van der Waals surface area contributed by atoms with E-state index in [4.69, 9.17) is 0 Å². The lowest BCUT2D eigenvalue weighted by Gasteiger charge is -2.23. The molecule has 0 aliphatic carbocycles. The first-order chi connectivity index (χ1) is 9.65. The lowest BCUT2D eigenvalue weighted by Crippen LogP contribution is -2.19. The Bertz CT molecular complexity index is 591. The molecule has 3 rings (SSSR count). The lowest BCUT2D eigenvalue weighted by molar-refractivity contribution is 0.120. The van der Waals surface area contributed by atoms with Crippen LogP contribution in [0.1, 0.15) is 40.8 Å².